The normalized spacial score (nSPS) is 28.6. The Morgan fingerprint density at radius 1 is 0.952 bits per heavy atom. The van der Waals surface area contributed by atoms with Crippen molar-refractivity contribution in [2.24, 2.45) is 5.73 Å². The summed E-state index contributed by atoms with van der Waals surface area (Å²) in [6.07, 6.45) is 6.64. The maximum Gasteiger partial charge on any atom is 0.0458 e. The van der Waals surface area contributed by atoms with Crippen molar-refractivity contribution in [2.45, 2.75) is 44.2 Å². The monoisotopic (exact) mass is 287 g/mol. The van der Waals surface area contributed by atoms with Gasteiger partial charge in [0.2, 0.25) is 0 Å². The molecule has 2 aliphatic heterocycles. The molecule has 3 heteroatoms. The van der Waals surface area contributed by atoms with Crippen molar-refractivity contribution >= 4 is 0 Å². The van der Waals surface area contributed by atoms with E-state index in [2.05, 4.69) is 40.1 Å². The van der Waals surface area contributed by atoms with E-state index >= 15 is 0 Å². The number of hydrogen-bond donors (Lipinski definition) is 1. The summed E-state index contributed by atoms with van der Waals surface area (Å²) in [5.41, 5.74) is 7.91. The van der Waals surface area contributed by atoms with Gasteiger partial charge in [-0.05, 0) is 50.9 Å². The van der Waals surface area contributed by atoms with Crippen LogP contribution in [0, 0.1) is 0 Å². The average Bonchev–Trinajstić information content (AvgIpc) is 2.57. The lowest BCUT2D eigenvalue weighted by molar-refractivity contribution is 0.00232. The molecular formula is C18H29N3. The largest absolute Gasteiger partial charge is 0.329 e. The summed E-state index contributed by atoms with van der Waals surface area (Å²) in [5.74, 6) is 0. The van der Waals surface area contributed by atoms with Gasteiger partial charge in [0, 0.05) is 25.2 Å². The molecule has 2 fully saturated rings. The topological polar surface area (TPSA) is 32.5 Å². The Hall–Kier alpha value is -0.900. The van der Waals surface area contributed by atoms with Gasteiger partial charge in [-0.3, -0.25) is 9.80 Å². The molecule has 0 radical (unpaired) electrons. The molecule has 1 aromatic carbocycles. The molecule has 2 N–H and O–H groups in total. The molecule has 0 amide bonds. The van der Waals surface area contributed by atoms with E-state index < -0.39 is 0 Å². The molecule has 0 saturated carbocycles. The fourth-order valence-electron chi connectivity index (χ4n) is 4.10. The van der Waals surface area contributed by atoms with Crippen molar-refractivity contribution in [1.82, 2.24) is 9.80 Å². The summed E-state index contributed by atoms with van der Waals surface area (Å²) >= 11 is 0. The highest BCUT2D eigenvalue weighted by Crippen LogP contribution is 2.30. The lowest BCUT2D eigenvalue weighted by Gasteiger charge is -2.50. The van der Waals surface area contributed by atoms with E-state index in [1.807, 2.05) is 0 Å². The van der Waals surface area contributed by atoms with Crippen LogP contribution in [0.25, 0.3) is 0 Å². The van der Waals surface area contributed by atoms with E-state index in [1.54, 1.807) is 0 Å². The van der Waals surface area contributed by atoms with Crippen LogP contribution in [0.3, 0.4) is 0 Å². The smallest absolute Gasteiger partial charge is 0.0458 e. The van der Waals surface area contributed by atoms with Crippen LogP contribution < -0.4 is 5.73 Å². The van der Waals surface area contributed by atoms with Crippen molar-refractivity contribution < 1.29 is 0 Å². The van der Waals surface area contributed by atoms with E-state index in [-0.39, 0.29) is 5.54 Å². The molecule has 1 unspecified atom stereocenters. The number of likely N-dealkylation sites (tertiary alicyclic amines) is 2. The highest BCUT2D eigenvalue weighted by atomic mass is 15.3. The summed E-state index contributed by atoms with van der Waals surface area (Å²) < 4.78 is 0. The Morgan fingerprint density at radius 3 is 2.43 bits per heavy atom. The zero-order valence-electron chi connectivity index (χ0n) is 13.1. The minimum atomic E-state index is 0.230. The molecule has 116 valence electrons. The lowest BCUT2D eigenvalue weighted by Crippen LogP contribution is -2.63. The number of hydrogen-bond acceptors (Lipinski definition) is 3. The number of nitrogens with two attached hydrogens (primary N) is 1. The number of rotatable bonds is 4. The third-order valence-corrected chi connectivity index (χ3v) is 5.29. The van der Waals surface area contributed by atoms with Crippen molar-refractivity contribution in [1.29, 1.82) is 0 Å². The molecular weight excluding hydrogens is 258 g/mol. The highest BCUT2D eigenvalue weighted by Gasteiger charge is 2.39. The van der Waals surface area contributed by atoms with Gasteiger partial charge in [-0.1, -0.05) is 36.8 Å². The minimum absolute atomic E-state index is 0.230. The third kappa shape index (κ3) is 3.47. The van der Waals surface area contributed by atoms with Crippen molar-refractivity contribution in [3.63, 3.8) is 0 Å². The van der Waals surface area contributed by atoms with Crippen LogP contribution in [-0.4, -0.2) is 48.1 Å². The molecule has 3 nitrogen and oxygen atoms in total. The van der Waals surface area contributed by atoms with Crippen molar-refractivity contribution in [3.05, 3.63) is 35.9 Å². The van der Waals surface area contributed by atoms with Crippen molar-refractivity contribution in [3.8, 4) is 0 Å². The molecule has 1 atom stereocenters. The summed E-state index contributed by atoms with van der Waals surface area (Å²) in [4.78, 5) is 5.31. The molecule has 1 aromatic rings. The van der Waals surface area contributed by atoms with Gasteiger partial charge >= 0.3 is 0 Å². The maximum atomic E-state index is 6.26. The molecule has 2 aliphatic rings. The first-order chi connectivity index (χ1) is 10.3. The Labute approximate surface area is 129 Å². The second-order valence-corrected chi connectivity index (χ2v) is 6.78. The fraction of sp³-hybridized carbons (Fsp3) is 0.667. The molecule has 2 heterocycles. The second kappa shape index (κ2) is 6.91. The summed E-state index contributed by atoms with van der Waals surface area (Å²) in [5, 5.41) is 0. The van der Waals surface area contributed by atoms with Crippen LogP contribution in [0.2, 0.25) is 0 Å². The van der Waals surface area contributed by atoms with E-state index in [0.717, 1.165) is 19.6 Å². The maximum absolute atomic E-state index is 6.26. The summed E-state index contributed by atoms with van der Waals surface area (Å²) in [6, 6.07) is 10.8. The van der Waals surface area contributed by atoms with Gasteiger partial charge in [-0.15, -0.1) is 0 Å². The van der Waals surface area contributed by atoms with Crippen LogP contribution in [0.4, 0.5) is 0 Å². The first kappa shape index (κ1) is 15.0. The highest BCUT2D eigenvalue weighted by molar-refractivity contribution is 5.15. The van der Waals surface area contributed by atoms with Crippen molar-refractivity contribution in [2.75, 3.05) is 32.7 Å². The van der Waals surface area contributed by atoms with Crippen LogP contribution >= 0.6 is 0 Å². The summed E-state index contributed by atoms with van der Waals surface area (Å²) in [7, 11) is 0. The zero-order valence-corrected chi connectivity index (χ0v) is 13.1. The standard InChI is InChI=1S/C18H29N3/c19-15-18(21-12-5-2-6-13-21)10-7-11-20(16-18)14-17-8-3-1-4-9-17/h1,3-4,8-9H,2,5-7,10-16,19H2. The number of benzene rings is 1. The fourth-order valence-corrected chi connectivity index (χ4v) is 4.10. The predicted octanol–water partition coefficient (Wildman–Crippen LogP) is 2.47. The molecule has 0 spiro atoms. The van der Waals surface area contributed by atoms with Gasteiger partial charge in [-0.2, -0.15) is 0 Å². The van der Waals surface area contributed by atoms with Gasteiger partial charge in [0.05, 0.1) is 0 Å². The predicted molar refractivity (Wildman–Crippen MR) is 88.2 cm³/mol. The van der Waals surface area contributed by atoms with Gasteiger partial charge in [0.1, 0.15) is 0 Å². The van der Waals surface area contributed by atoms with Crippen LogP contribution in [0.1, 0.15) is 37.7 Å². The first-order valence-corrected chi connectivity index (χ1v) is 8.54. The van der Waals surface area contributed by atoms with Gasteiger partial charge in [-0.25, -0.2) is 0 Å². The SMILES string of the molecule is NCC1(N2CCCCC2)CCCN(Cc2ccccc2)C1. The Kier molecular flexibility index (Phi) is 4.94. The molecule has 21 heavy (non-hydrogen) atoms. The van der Waals surface area contributed by atoms with E-state index in [4.69, 9.17) is 5.73 Å². The second-order valence-electron chi connectivity index (χ2n) is 6.78. The Balaban J connectivity index is 1.68. The van der Waals surface area contributed by atoms with Crippen LogP contribution in [0.15, 0.2) is 30.3 Å². The first-order valence-electron chi connectivity index (χ1n) is 8.54. The van der Waals surface area contributed by atoms with Gasteiger partial charge in [0.15, 0.2) is 0 Å². The summed E-state index contributed by atoms with van der Waals surface area (Å²) in [6.45, 7) is 6.71. The zero-order chi connectivity index (χ0) is 14.5. The quantitative estimate of drug-likeness (QED) is 0.923. The van der Waals surface area contributed by atoms with Crippen LogP contribution in [0.5, 0.6) is 0 Å². The van der Waals surface area contributed by atoms with E-state index in [9.17, 15) is 0 Å². The number of piperidine rings is 2. The molecule has 0 bridgehead atoms. The van der Waals surface area contributed by atoms with Gasteiger partial charge in [0.25, 0.3) is 0 Å². The Bertz CT molecular complexity index is 427. The molecule has 2 saturated heterocycles. The van der Waals surface area contributed by atoms with E-state index in [0.29, 0.717) is 0 Å². The van der Waals surface area contributed by atoms with Crippen LogP contribution in [-0.2, 0) is 6.54 Å². The number of nitrogens with zero attached hydrogens (tertiary/aromatic N) is 2. The lowest BCUT2D eigenvalue weighted by atomic mass is 9.85. The minimum Gasteiger partial charge on any atom is -0.329 e. The average molecular weight is 287 g/mol. The molecule has 0 aliphatic carbocycles. The van der Waals surface area contributed by atoms with E-state index in [1.165, 1.54) is 57.3 Å². The third-order valence-electron chi connectivity index (χ3n) is 5.29. The molecule has 3 rings (SSSR count). The molecule has 0 aromatic heterocycles. The van der Waals surface area contributed by atoms with Gasteiger partial charge < -0.3 is 5.73 Å². The Morgan fingerprint density at radius 2 is 1.71 bits per heavy atom.